The van der Waals surface area contributed by atoms with Crippen molar-refractivity contribution in [3.63, 3.8) is 0 Å². The summed E-state index contributed by atoms with van der Waals surface area (Å²) in [5.41, 5.74) is 5.55. The van der Waals surface area contributed by atoms with Gasteiger partial charge in [0, 0.05) is 5.92 Å². The van der Waals surface area contributed by atoms with E-state index in [0.717, 1.165) is 11.3 Å². The molecule has 0 radical (unpaired) electrons. The molecule has 1 N–H and O–H groups in total. The fourth-order valence-electron chi connectivity index (χ4n) is 3.51. The number of aromatic nitrogens is 2. The molecule has 2 nitrogen and oxygen atoms in total. The van der Waals surface area contributed by atoms with E-state index in [2.05, 4.69) is 58.7 Å². The Morgan fingerprint density at radius 2 is 1.67 bits per heavy atom. The summed E-state index contributed by atoms with van der Waals surface area (Å²) in [4.78, 5) is 8.39. The van der Waals surface area contributed by atoms with Crippen LogP contribution in [-0.4, -0.2) is 9.97 Å². The number of hydrogen-bond donors (Lipinski definition) is 1. The predicted octanol–water partition coefficient (Wildman–Crippen LogP) is 4.33. The fraction of sp³-hybridized carbons (Fsp3) is 0.562. The van der Waals surface area contributed by atoms with Gasteiger partial charge in [-0.2, -0.15) is 0 Å². The number of rotatable bonds is 1. The summed E-state index contributed by atoms with van der Waals surface area (Å²) in [5, 5.41) is 0. The topological polar surface area (TPSA) is 28.7 Å². The maximum absolute atomic E-state index is 4.85. The zero-order valence-corrected chi connectivity index (χ0v) is 12.2. The molecule has 96 valence electrons. The first-order valence-electron chi connectivity index (χ1n) is 6.72. The number of H-pyrrole nitrogens is 1. The van der Waals surface area contributed by atoms with Crippen molar-refractivity contribution >= 4 is 11.0 Å². The number of aryl methyl sites for hydroxylation is 2. The summed E-state index contributed by atoms with van der Waals surface area (Å²) in [5.74, 6) is 1.70. The van der Waals surface area contributed by atoms with Crippen molar-refractivity contribution in [2.75, 3.05) is 0 Å². The van der Waals surface area contributed by atoms with Gasteiger partial charge in [0.1, 0.15) is 5.82 Å². The summed E-state index contributed by atoms with van der Waals surface area (Å²) in [6.07, 6.45) is 0. The maximum atomic E-state index is 4.85. The van der Waals surface area contributed by atoms with Crippen molar-refractivity contribution in [3.8, 4) is 0 Å². The molecule has 1 aliphatic rings. The van der Waals surface area contributed by atoms with Crippen molar-refractivity contribution in [1.29, 1.82) is 0 Å². The fourth-order valence-corrected chi connectivity index (χ4v) is 3.51. The van der Waals surface area contributed by atoms with Gasteiger partial charge in [0.25, 0.3) is 0 Å². The van der Waals surface area contributed by atoms with Gasteiger partial charge in [-0.1, -0.05) is 33.8 Å². The molecule has 0 amide bonds. The molecule has 1 fully saturated rings. The maximum Gasteiger partial charge on any atom is 0.111 e. The Bertz CT molecular complexity index is 618. The normalized spacial score (nSPS) is 21.4. The highest BCUT2D eigenvalue weighted by Crippen LogP contribution is 2.73. The van der Waals surface area contributed by atoms with Gasteiger partial charge >= 0.3 is 0 Å². The lowest BCUT2D eigenvalue weighted by Gasteiger charge is -2.03. The van der Waals surface area contributed by atoms with Crippen LogP contribution in [0.2, 0.25) is 0 Å². The Morgan fingerprint density at radius 1 is 1.06 bits per heavy atom. The highest BCUT2D eigenvalue weighted by molar-refractivity contribution is 5.79. The van der Waals surface area contributed by atoms with Gasteiger partial charge in [0.05, 0.1) is 11.0 Å². The molecule has 1 aromatic carbocycles. The number of aromatic amines is 1. The van der Waals surface area contributed by atoms with E-state index in [9.17, 15) is 0 Å². The van der Waals surface area contributed by atoms with Crippen LogP contribution in [-0.2, 0) is 0 Å². The lowest BCUT2D eigenvalue weighted by Crippen LogP contribution is -1.95. The minimum Gasteiger partial charge on any atom is -0.342 e. The first-order chi connectivity index (χ1) is 8.25. The number of nitrogens with zero attached hydrogens (tertiary/aromatic N) is 1. The van der Waals surface area contributed by atoms with Gasteiger partial charge in [0.15, 0.2) is 0 Å². The number of hydrogen-bond acceptors (Lipinski definition) is 1. The summed E-state index contributed by atoms with van der Waals surface area (Å²) in [7, 11) is 0. The van der Waals surface area contributed by atoms with Crippen molar-refractivity contribution < 1.29 is 0 Å². The van der Waals surface area contributed by atoms with Crippen LogP contribution in [0.4, 0.5) is 0 Å². The summed E-state index contributed by atoms with van der Waals surface area (Å²) < 4.78 is 0. The van der Waals surface area contributed by atoms with E-state index >= 15 is 0 Å². The van der Waals surface area contributed by atoms with Crippen LogP contribution >= 0.6 is 0 Å². The second kappa shape index (κ2) is 3.17. The quantitative estimate of drug-likeness (QED) is 0.792. The van der Waals surface area contributed by atoms with Crippen molar-refractivity contribution in [1.82, 2.24) is 9.97 Å². The molecule has 0 saturated heterocycles. The molecule has 0 aliphatic heterocycles. The summed E-state index contributed by atoms with van der Waals surface area (Å²) >= 11 is 0. The standard InChI is InChI=1S/C16H22N2/c1-9-7-10(2)12-11(8-9)17-14(18-12)13-15(3,4)16(13,5)6/h7-8,13H,1-6H3,(H,17,18). The second-order valence-corrected chi connectivity index (χ2v) is 6.98. The van der Waals surface area contributed by atoms with Gasteiger partial charge in [-0.3, -0.25) is 0 Å². The zero-order valence-electron chi connectivity index (χ0n) is 12.2. The molecule has 1 saturated carbocycles. The highest BCUT2D eigenvalue weighted by Gasteiger charge is 2.66. The molecule has 0 spiro atoms. The van der Waals surface area contributed by atoms with E-state index in [4.69, 9.17) is 4.98 Å². The van der Waals surface area contributed by atoms with E-state index < -0.39 is 0 Å². The van der Waals surface area contributed by atoms with Crippen LogP contribution in [0.3, 0.4) is 0 Å². The van der Waals surface area contributed by atoms with Crippen LogP contribution in [0.1, 0.15) is 50.6 Å². The predicted molar refractivity (Wildman–Crippen MR) is 75.9 cm³/mol. The van der Waals surface area contributed by atoms with Crippen LogP contribution in [0, 0.1) is 24.7 Å². The van der Waals surface area contributed by atoms with Gasteiger partial charge in [-0.15, -0.1) is 0 Å². The van der Waals surface area contributed by atoms with Crippen molar-refractivity contribution in [2.24, 2.45) is 10.8 Å². The average molecular weight is 242 g/mol. The Kier molecular flexibility index (Phi) is 2.07. The van der Waals surface area contributed by atoms with Crippen LogP contribution < -0.4 is 0 Å². The average Bonchev–Trinajstić information content (AvgIpc) is 2.57. The number of nitrogens with one attached hydrogen (secondary N) is 1. The summed E-state index contributed by atoms with van der Waals surface area (Å²) in [6.45, 7) is 13.6. The van der Waals surface area contributed by atoms with E-state index in [1.165, 1.54) is 16.6 Å². The number of benzene rings is 1. The minimum atomic E-state index is 0.337. The number of fused-ring (bicyclic) bond motifs is 1. The minimum absolute atomic E-state index is 0.337. The molecule has 0 unspecified atom stereocenters. The summed E-state index contributed by atoms with van der Waals surface area (Å²) in [6, 6.07) is 4.40. The molecule has 3 rings (SSSR count). The molecule has 18 heavy (non-hydrogen) atoms. The van der Waals surface area contributed by atoms with Gasteiger partial charge in [-0.25, -0.2) is 4.98 Å². The molecule has 0 atom stereocenters. The molecule has 1 aliphatic carbocycles. The first-order valence-corrected chi connectivity index (χ1v) is 6.72. The Morgan fingerprint density at radius 3 is 2.22 bits per heavy atom. The molecule has 1 heterocycles. The van der Waals surface area contributed by atoms with Gasteiger partial charge in [0.2, 0.25) is 0 Å². The van der Waals surface area contributed by atoms with Gasteiger partial charge < -0.3 is 4.98 Å². The van der Waals surface area contributed by atoms with E-state index in [1.807, 2.05) is 0 Å². The van der Waals surface area contributed by atoms with Gasteiger partial charge in [-0.05, 0) is 41.9 Å². The number of imidazole rings is 1. The smallest absolute Gasteiger partial charge is 0.111 e. The van der Waals surface area contributed by atoms with Crippen molar-refractivity contribution in [2.45, 2.75) is 47.5 Å². The Labute approximate surface area is 109 Å². The Hall–Kier alpha value is -1.31. The van der Waals surface area contributed by atoms with Crippen molar-refractivity contribution in [3.05, 3.63) is 29.1 Å². The highest BCUT2D eigenvalue weighted by atomic mass is 15.0. The molecular weight excluding hydrogens is 220 g/mol. The molecule has 2 aromatic rings. The lowest BCUT2D eigenvalue weighted by atomic mass is 10.0. The van der Waals surface area contributed by atoms with E-state index in [0.29, 0.717) is 16.7 Å². The van der Waals surface area contributed by atoms with Crippen LogP contribution in [0.5, 0.6) is 0 Å². The third-order valence-corrected chi connectivity index (χ3v) is 5.23. The Balaban J connectivity index is 2.14. The monoisotopic (exact) mass is 242 g/mol. The second-order valence-electron chi connectivity index (χ2n) is 6.98. The first kappa shape index (κ1) is 11.8. The molecule has 2 heteroatoms. The molecule has 0 bridgehead atoms. The lowest BCUT2D eigenvalue weighted by molar-refractivity contribution is 0.457. The SMILES string of the molecule is Cc1cc(C)c2nc(C3C(C)(C)C3(C)C)[nH]c2c1. The van der Waals surface area contributed by atoms with E-state index in [1.54, 1.807) is 0 Å². The van der Waals surface area contributed by atoms with E-state index in [-0.39, 0.29) is 0 Å². The third-order valence-electron chi connectivity index (χ3n) is 5.23. The molecular formula is C16H22N2. The third kappa shape index (κ3) is 1.32. The largest absolute Gasteiger partial charge is 0.342 e. The van der Waals surface area contributed by atoms with Crippen LogP contribution in [0.15, 0.2) is 12.1 Å². The van der Waals surface area contributed by atoms with Crippen LogP contribution in [0.25, 0.3) is 11.0 Å². The zero-order chi connectivity index (χ0) is 13.3. The molecule has 1 aromatic heterocycles.